The van der Waals surface area contributed by atoms with Gasteiger partial charge in [0, 0.05) is 37.6 Å². The van der Waals surface area contributed by atoms with Gasteiger partial charge in [-0.25, -0.2) is 13.2 Å². The summed E-state index contributed by atoms with van der Waals surface area (Å²) in [5, 5.41) is 3.27. The number of carbonyl (C=O) groups is 2. The average molecular weight is 405 g/mol. The molecule has 0 radical (unpaired) electrons. The first-order valence-corrected chi connectivity index (χ1v) is 9.13. The maximum atomic E-state index is 13.8. The van der Waals surface area contributed by atoms with Crippen LogP contribution in [-0.2, 0) is 4.79 Å². The molecule has 1 amide bonds. The van der Waals surface area contributed by atoms with Crippen molar-refractivity contribution in [1.82, 2.24) is 10.2 Å². The molecule has 0 spiro atoms. The topological polar surface area (TPSA) is 49.4 Å². The van der Waals surface area contributed by atoms with E-state index < -0.39 is 34.7 Å². The third-order valence-electron chi connectivity index (χ3n) is 5.40. The van der Waals surface area contributed by atoms with Crippen molar-refractivity contribution < 1.29 is 22.8 Å². The molecule has 2 aliphatic heterocycles. The molecule has 0 aromatic heterocycles. The molecule has 1 atom stereocenters. The Kier molecular flexibility index (Phi) is 7.68. The van der Waals surface area contributed by atoms with Crippen molar-refractivity contribution in [2.75, 3.05) is 26.2 Å². The highest BCUT2D eigenvalue weighted by molar-refractivity contribution is 5.98. The number of halogens is 4. The van der Waals surface area contributed by atoms with E-state index in [0.717, 1.165) is 25.9 Å². The Balaban J connectivity index is 0.00000261. The Bertz CT molecular complexity index is 665. The number of carbonyl (C=O) groups excluding carboxylic acids is 2. The zero-order valence-corrected chi connectivity index (χ0v) is 15.8. The predicted octanol–water partition coefficient (Wildman–Crippen LogP) is 3.34. The van der Waals surface area contributed by atoms with Gasteiger partial charge in [-0.3, -0.25) is 9.59 Å². The minimum atomic E-state index is -1.17. The average Bonchev–Trinajstić information content (AvgIpc) is 3.12. The van der Waals surface area contributed by atoms with E-state index >= 15 is 0 Å². The van der Waals surface area contributed by atoms with Crippen molar-refractivity contribution in [2.45, 2.75) is 32.1 Å². The van der Waals surface area contributed by atoms with Gasteiger partial charge in [0.25, 0.3) is 0 Å². The molecule has 4 nitrogen and oxygen atoms in total. The number of nitrogens with zero attached hydrogens (tertiary/aromatic N) is 1. The van der Waals surface area contributed by atoms with Crippen LogP contribution in [0.15, 0.2) is 12.1 Å². The first-order chi connectivity index (χ1) is 12.5. The predicted molar refractivity (Wildman–Crippen MR) is 97.4 cm³/mol. The lowest BCUT2D eigenvalue weighted by Gasteiger charge is -2.31. The number of nitrogens with one attached hydrogen (secondary N) is 1. The Morgan fingerprint density at radius 2 is 1.70 bits per heavy atom. The number of Topliss-reactive ketones (excluding diaryl/α,β-unsaturated/α-hetero) is 1. The van der Waals surface area contributed by atoms with Gasteiger partial charge in [0.2, 0.25) is 5.91 Å². The number of hydrogen-bond donors (Lipinski definition) is 1. The summed E-state index contributed by atoms with van der Waals surface area (Å²) in [6.07, 6.45) is 3.18. The molecule has 1 aromatic rings. The first kappa shape index (κ1) is 21.7. The van der Waals surface area contributed by atoms with Crippen LogP contribution in [0.25, 0.3) is 0 Å². The monoisotopic (exact) mass is 404 g/mol. The van der Waals surface area contributed by atoms with E-state index in [-0.39, 0.29) is 18.3 Å². The molecule has 2 aliphatic rings. The third kappa shape index (κ3) is 5.23. The molecular weight excluding hydrogens is 381 g/mol. The van der Waals surface area contributed by atoms with Gasteiger partial charge in [-0.1, -0.05) is 0 Å². The second kappa shape index (κ2) is 9.55. The Hall–Kier alpha value is -1.60. The molecule has 1 N–H and O–H groups in total. The summed E-state index contributed by atoms with van der Waals surface area (Å²) in [6.45, 7) is 2.77. The normalized spacial score (nSPS) is 20.4. The van der Waals surface area contributed by atoms with E-state index in [4.69, 9.17) is 0 Å². The number of hydrogen-bond acceptors (Lipinski definition) is 3. The van der Waals surface area contributed by atoms with Crippen LogP contribution in [-0.4, -0.2) is 42.8 Å². The third-order valence-corrected chi connectivity index (χ3v) is 5.40. The van der Waals surface area contributed by atoms with E-state index in [1.807, 2.05) is 0 Å². The maximum Gasteiger partial charge on any atom is 0.222 e. The zero-order chi connectivity index (χ0) is 18.7. The Labute approximate surface area is 162 Å². The fourth-order valence-electron chi connectivity index (χ4n) is 3.82. The summed E-state index contributed by atoms with van der Waals surface area (Å²) in [5.74, 6) is -3.97. The molecule has 0 bridgehead atoms. The molecule has 0 aliphatic carbocycles. The Morgan fingerprint density at radius 1 is 1.07 bits per heavy atom. The highest BCUT2D eigenvalue weighted by Crippen LogP contribution is 2.26. The lowest BCUT2D eigenvalue weighted by atomic mass is 9.88. The molecule has 2 saturated heterocycles. The molecule has 3 rings (SSSR count). The van der Waals surface area contributed by atoms with Crippen molar-refractivity contribution >= 4 is 24.1 Å². The maximum absolute atomic E-state index is 13.8. The van der Waals surface area contributed by atoms with E-state index in [1.54, 1.807) is 4.90 Å². The quantitative estimate of drug-likeness (QED) is 0.766. The summed E-state index contributed by atoms with van der Waals surface area (Å²) in [4.78, 5) is 26.4. The number of amides is 1. The van der Waals surface area contributed by atoms with Gasteiger partial charge in [-0.05, 0) is 44.7 Å². The summed E-state index contributed by atoms with van der Waals surface area (Å²) >= 11 is 0. The fraction of sp³-hybridized carbons (Fsp3) is 0.579. The van der Waals surface area contributed by atoms with Gasteiger partial charge in [0.15, 0.2) is 5.78 Å². The van der Waals surface area contributed by atoms with Crippen molar-refractivity contribution in [1.29, 1.82) is 0 Å². The Morgan fingerprint density at radius 3 is 2.26 bits per heavy atom. The van der Waals surface area contributed by atoms with Gasteiger partial charge in [0.05, 0.1) is 5.56 Å². The van der Waals surface area contributed by atoms with Gasteiger partial charge in [0.1, 0.15) is 17.5 Å². The summed E-state index contributed by atoms with van der Waals surface area (Å²) < 4.78 is 40.6. The van der Waals surface area contributed by atoms with Crippen LogP contribution in [0.1, 0.15) is 42.5 Å². The number of likely N-dealkylation sites (tertiary alicyclic amines) is 1. The van der Waals surface area contributed by atoms with Gasteiger partial charge < -0.3 is 10.2 Å². The van der Waals surface area contributed by atoms with E-state index in [9.17, 15) is 22.8 Å². The van der Waals surface area contributed by atoms with E-state index in [1.165, 1.54) is 0 Å². The van der Waals surface area contributed by atoms with Crippen LogP contribution >= 0.6 is 12.4 Å². The second-order valence-electron chi connectivity index (χ2n) is 7.16. The summed E-state index contributed by atoms with van der Waals surface area (Å²) in [7, 11) is 0. The molecule has 2 fully saturated rings. The molecular formula is C19H24ClF3N2O2. The number of ketones is 1. The lowest BCUT2D eigenvalue weighted by molar-refractivity contribution is -0.132. The standard InChI is InChI=1S/C19H23F3N2O2.ClH/c20-14-9-15(21)18(16(22)10-14)19(26)13-4-7-24(8-5-13)17(25)2-1-12-3-6-23-11-12;/h9-10,12-13,23H,1-8,11H2;1H. The van der Waals surface area contributed by atoms with Crippen LogP contribution in [0.3, 0.4) is 0 Å². The minimum Gasteiger partial charge on any atom is -0.343 e. The first-order valence-electron chi connectivity index (χ1n) is 9.13. The highest BCUT2D eigenvalue weighted by Gasteiger charge is 2.31. The van der Waals surface area contributed by atoms with Crippen LogP contribution in [0.5, 0.6) is 0 Å². The second-order valence-corrected chi connectivity index (χ2v) is 7.16. The fourth-order valence-corrected chi connectivity index (χ4v) is 3.82. The largest absolute Gasteiger partial charge is 0.343 e. The van der Waals surface area contributed by atoms with Crippen LogP contribution in [0.4, 0.5) is 13.2 Å². The van der Waals surface area contributed by atoms with E-state index in [0.29, 0.717) is 50.4 Å². The highest BCUT2D eigenvalue weighted by atomic mass is 35.5. The molecule has 150 valence electrons. The number of benzene rings is 1. The summed E-state index contributed by atoms with van der Waals surface area (Å²) in [5.41, 5.74) is -0.676. The van der Waals surface area contributed by atoms with Gasteiger partial charge in [-0.2, -0.15) is 0 Å². The molecule has 27 heavy (non-hydrogen) atoms. The number of piperidine rings is 1. The molecule has 1 unspecified atom stereocenters. The van der Waals surface area contributed by atoms with Crippen molar-refractivity contribution in [2.24, 2.45) is 11.8 Å². The van der Waals surface area contributed by atoms with Crippen molar-refractivity contribution in [3.63, 3.8) is 0 Å². The van der Waals surface area contributed by atoms with Crippen LogP contribution in [0, 0.1) is 29.3 Å². The smallest absolute Gasteiger partial charge is 0.222 e. The molecule has 0 saturated carbocycles. The van der Waals surface area contributed by atoms with Crippen molar-refractivity contribution in [3.05, 3.63) is 35.1 Å². The zero-order valence-electron chi connectivity index (χ0n) is 15.0. The van der Waals surface area contributed by atoms with Crippen LogP contribution in [0.2, 0.25) is 0 Å². The van der Waals surface area contributed by atoms with Crippen LogP contribution < -0.4 is 5.32 Å². The molecule has 8 heteroatoms. The molecule has 1 aromatic carbocycles. The SMILES string of the molecule is Cl.O=C(c1c(F)cc(F)cc1F)C1CCN(C(=O)CCC2CCNC2)CC1. The minimum absolute atomic E-state index is 0. The van der Waals surface area contributed by atoms with Crippen molar-refractivity contribution in [3.8, 4) is 0 Å². The molecule has 2 heterocycles. The number of rotatable bonds is 5. The summed E-state index contributed by atoms with van der Waals surface area (Å²) in [6, 6.07) is 1.04. The van der Waals surface area contributed by atoms with E-state index in [2.05, 4.69) is 5.32 Å². The lowest BCUT2D eigenvalue weighted by Crippen LogP contribution is -2.40. The van der Waals surface area contributed by atoms with Gasteiger partial charge in [-0.15, -0.1) is 12.4 Å². The van der Waals surface area contributed by atoms with Gasteiger partial charge >= 0.3 is 0 Å².